The van der Waals surface area contributed by atoms with Crippen molar-refractivity contribution in [1.82, 2.24) is 9.80 Å². The van der Waals surface area contributed by atoms with E-state index in [1.807, 2.05) is 19.1 Å². The second kappa shape index (κ2) is 5.93. The van der Waals surface area contributed by atoms with Crippen molar-refractivity contribution in [2.75, 3.05) is 26.7 Å². The highest BCUT2D eigenvalue weighted by Gasteiger charge is 2.32. The van der Waals surface area contributed by atoms with Crippen LogP contribution in [0.2, 0.25) is 5.02 Å². The van der Waals surface area contributed by atoms with Crippen molar-refractivity contribution in [3.63, 3.8) is 0 Å². The van der Waals surface area contributed by atoms with E-state index in [0.717, 1.165) is 42.7 Å². The van der Waals surface area contributed by atoms with Crippen LogP contribution in [0.4, 0.5) is 0 Å². The molecule has 0 unspecified atom stereocenters. The molecule has 0 atom stereocenters. The molecule has 2 heterocycles. The van der Waals surface area contributed by atoms with Crippen LogP contribution in [0.3, 0.4) is 0 Å². The first kappa shape index (κ1) is 16.5. The fourth-order valence-corrected chi connectivity index (χ4v) is 3.58. The molecule has 0 saturated carbocycles. The molecule has 3 rings (SSSR count). The number of aryl methyl sites for hydroxylation is 1. The molecule has 4 nitrogen and oxygen atoms in total. The second-order valence-corrected chi connectivity index (χ2v) is 7.57. The van der Waals surface area contributed by atoms with Gasteiger partial charge in [-0.2, -0.15) is 0 Å². The minimum absolute atomic E-state index is 0.0594. The molecule has 0 N–H and O–H groups in total. The number of likely N-dealkylation sites (N-methyl/N-ethyl adjacent to an activating group) is 1. The Labute approximate surface area is 141 Å². The largest absolute Gasteiger partial charge is 0.423 e. The maximum atomic E-state index is 11.9. The van der Waals surface area contributed by atoms with E-state index >= 15 is 0 Å². The molecule has 2 aromatic rings. The topological polar surface area (TPSA) is 36.7 Å². The second-order valence-electron chi connectivity index (χ2n) is 7.16. The minimum Gasteiger partial charge on any atom is -0.423 e. The number of fused-ring (bicyclic) bond motifs is 1. The van der Waals surface area contributed by atoms with Gasteiger partial charge in [-0.15, -0.1) is 0 Å². The summed E-state index contributed by atoms with van der Waals surface area (Å²) >= 11 is 6.28. The van der Waals surface area contributed by atoms with Crippen LogP contribution >= 0.6 is 11.6 Å². The molecule has 1 aromatic heterocycles. The van der Waals surface area contributed by atoms with Crippen LogP contribution < -0.4 is 5.63 Å². The summed E-state index contributed by atoms with van der Waals surface area (Å²) in [7, 11) is 2.15. The van der Waals surface area contributed by atoms with Gasteiger partial charge in [-0.3, -0.25) is 4.90 Å². The number of hydrogen-bond acceptors (Lipinski definition) is 4. The summed E-state index contributed by atoms with van der Waals surface area (Å²) in [6, 6.07) is 5.35. The molecule has 1 aliphatic heterocycles. The van der Waals surface area contributed by atoms with Gasteiger partial charge in [0.05, 0.1) is 0 Å². The van der Waals surface area contributed by atoms with Gasteiger partial charge in [0.15, 0.2) is 0 Å². The lowest BCUT2D eigenvalue weighted by atomic mass is 9.97. The molecule has 1 saturated heterocycles. The summed E-state index contributed by atoms with van der Waals surface area (Å²) in [6.45, 7) is 10.1. The van der Waals surface area contributed by atoms with Crippen molar-refractivity contribution in [3.05, 3.63) is 44.8 Å². The standard InChI is InChI=1S/C18H23ClN2O2/c1-12-7-16-14(9-15(12)19)13(8-17(22)23-16)10-21-6-5-20(4)11-18(21,2)3/h7-9H,5-6,10-11H2,1-4H3. The number of rotatable bonds is 2. The van der Waals surface area contributed by atoms with E-state index in [1.54, 1.807) is 6.07 Å². The van der Waals surface area contributed by atoms with Gasteiger partial charge in [0.25, 0.3) is 0 Å². The zero-order valence-electron chi connectivity index (χ0n) is 14.1. The molecule has 0 radical (unpaired) electrons. The van der Waals surface area contributed by atoms with Crippen LogP contribution in [0.15, 0.2) is 27.4 Å². The maximum absolute atomic E-state index is 11.9. The number of benzene rings is 1. The summed E-state index contributed by atoms with van der Waals surface area (Å²) in [6.07, 6.45) is 0. The Bertz CT molecular complexity index is 797. The highest BCUT2D eigenvalue weighted by atomic mass is 35.5. The first-order valence-electron chi connectivity index (χ1n) is 7.93. The summed E-state index contributed by atoms with van der Waals surface area (Å²) in [4.78, 5) is 16.7. The van der Waals surface area contributed by atoms with Crippen molar-refractivity contribution in [2.24, 2.45) is 0 Å². The van der Waals surface area contributed by atoms with Gasteiger partial charge in [-0.1, -0.05) is 11.6 Å². The summed E-state index contributed by atoms with van der Waals surface area (Å²) in [5.74, 6) is 0. The Morgan fingerprint density at radius 2 is 2.00 bits per heavy atom. The van der Waals surface area contributed by atoms with Crippen molar-refractivity contribution in [2.45, 2.75) is 32.9 Å². The van der Waals surface area contributed by atoms with Crippen LogP contribution in [0.1, 0.15) is 25.0 Å². The maximum Gasteiger partial charge on any atom is 0.336 e. The van der Waals surface area contributed by atoms with Crippen molar-refractivity contribution < 1.29 is 4.42 Å². The van der Waals surface area contributed by atoms with Crippen molar-refractivity contribution >= 4 is 22.6 Å². The number of nitrogens with zero attached hydrogens (tertiary/aromatic N) is 2. The third-order valence-corrected chi connectivity index (χ3v) is 5.14. The zero-order valence-corrected chi connectivity index (χ0v) is 14.9. The first-order valence-corrected chi connectivity index (χ1v) is 8.30. The normalized spacial score (nSPS) is 19.3. The third kappa shape index (κ3) is 3.30. The molecule has 1 aromatic carbocycles. The molecule has 1 fully saturated rings. The van der Waals surface area contributed by atoms with Gasteiger partial charge in [0.2, 0.25) is 0 Å². The lowest BCUT2D eigenvalue weighted by Gasteiger charge is -2.46. The summed E-state index contributed by atoms with van der Waals surface area (Å²) in [5, 5.41) is 1.63. The molecule has 23 heavy (non-hydrogen) atoms. The van der Waals surface area contributed by atoms with E-state index in [9.17, 15) is 4.79 Å². The Hall–Kier alpha value is -1.36. The molecule has 0 spiro atoms. The monoisotopic (exact) mass is 334 g/mol. The Kier molecular flexibility index (Phi) is 4.25. The summed E-state index contributed by atoms with van der Waals surface area (Å²) in [5.41, 5.74) is 2.27. The SMILES string of the molecule is Cc1cc2oc(=O)cc(CN3CCN(C)CC3(C)C)c2cc1Cl. The fourth-order valence-electron chi connectivity index (χ4n) is 3.41. The van der Waals surface area contributed by atoms with Crippen LogP contribution in [-0.4, -0.2) is 42.0 Å². The van der Waals surface area contributed by atoms with E-state index in [2.05, 4.69) is 30.7 Å². The molecule has 1 aliphatic rings. The predicted octanol–water partition coefficient (Wildman–Crippen LogP) is 3.28. The van der Waals surface area contributed by atoms with E-state index in [0.29, 0.717) is 10.6 Å². The van der Waals surface area contributed by atoms with E-state index in [4.69, 9.17) is 16.0 Å². The quantitative estimate of drug-likeness (QED) is 0.790. The molecular weight excluding hydrogens is 312 g/mol. The van der Waals surface area contributed by atoms with Gasteiger partial charge >= 0.3 is 5.63 Å². The van der Waals surface area contributed by atoms with E-state index in [-0.39, 0.29) is 11.2 Å². The van der Waals surface area contributed by atoms with Gasteiger partial charge < -0.3 is 9.32 Å². The Morgan fingerprint density at radius 1 is 1.26 bits per heavy atom. The minimum atomic E-state index is -0.304. The van der Waals surface area contributed by atoms with Gasteiger partial charge in [0, 0.05) is 48.2 Å². The smallest absolute Gasteiger partial charge is 0.336 e. The Balaban J connectivity index is 2.03. The average molecular weight is 335 g/mol. The van der Waals surface area contributed by atoms with Crippen LogP contribution in [0.25, 0.3) is 11.0 Å². The molecular formula is C18H23ClN2O2. The van der Waals surface area contributed by atoms with Crippen LogP contribution in [0.5, 0.6) is 0 Å². The lowest BCUT2D eigenvalue weighted by Crippen LogP contribution is -2.57. The number of piperazine rings is 1. The molecule has 5 heteroatoms. The third-order valence-electron chi connectivity index (χ3n) is 4.74. The fraction of sp³-hybridized carbons (Fsp3) is 0.500. The van der Waals surface area contributed by atoms with Crippen LogP contribution in [-0.2, 0) is 6.54 Å². The highest BCUT2D eigenvalue weighted by molar-refractivity contribution is 6.32. The lowest BCUT2D eigenvalue weighted by molar-refractivity contribution is 0.0256. The number of halogens is 1. The first-order chi connectivity index (χ1) is 10.8. The van der Waals surface area contributed by atoms with Crippen molar-refractivity contribution in [3.8, 4) is 0 Å². The highest BCUT2D eigenvalue weighted by Crippen LogP contribution is 2.28. The Morgan fingerprint density at radius 3 is 2.70 bits per heavy atom. The molecule has 0 aliphatic carbocycles. The van der Waals surface area contributed by atoms with E-state index in [1.165, 1.54) is 0 Å². The molecule has 0 amide bonds. The zero-order chi connectivity index (χ0) is 16.8. The molecule has 0 bridgehead atoms. The average Bonchev–Trinajstić information content (AvgIpc) is 2.43. The van der Waals surface area contributed by atoms with E-state index < -0.39 is 0 Å². The van der Waals surface area contributed by atoms with Crippen LogP contribution in [0, 0.1) is 6.92 Å². The van der Waals surface area contributed by atoms with Gasteiger partial charge in [0.1, 0.15) is 5.58 Å². The molecule has 124 valence electrons. The van der Waals surface area contributed by atoms with Crippen molar-refractivity contribution in [1.29, 1.82) is 0 Å². The number of hydrogen-bond donors (Lipinski definition) is 0. The predicted molar refractivity (Wildman–Crippen MR) is 94.2 cm³/mol. The van der Waals surface area contributed by atoms with Gasteiger partial charge in [-0.25, -0.2) is 4.79 Å². The summed E-state index contributed by atoms with van der Waals surface area (Å²) < 4.78 is 5.36. The van der Waals surface area contributed by atoms with Gasteiger partial charge in [-0.05, 0) is 51.1 Å².